The predicted octanol–water partition coefficient (Wildman–Crippen LogP) is 3.04. The van der Waals surface area contributed by atoms with Gasteiger partial charge in [-0.25, -0.2) is 0 Å². The number of rotatable bonds is 9. The summed E-state index contributed by atoms with van der Waals surface area (Å²) in [4.78, 5) is 35.8. The van der Waals surface area contributed by atoms with Crippen molar-refractivity contribution in [2.24, 2.45) is 0 Å². The van der Waals surface area contributed by atoms with Gasteiger partial charge in [0.25, 0.3) is 0 Å². The average Bonchev–Trinajstić information content (AvgIpc) is 3.13. The van der Waals surface area contributed by atoms with Crippen molar-refractivity contribution in [3.05, 3.63) is 58.3 Å². The van der Waals surface area contributed by atoms with Crippen molar-refractivity contribution in [2.45, 2.75) is 38.3 Å². The van der Waals surface area contributed by atoms with Crippen LogP contribution in [-0.4, -0.2) is 22.9 Å². The van der Waals surface area contributed by atoms with Crippen molar-refractivity contribution < 1.29 is 19.5 Å². The van der Waals surface area contributed by atoms with Crippen LogP contribution >= 0.6 is 11.3 Å². The van der Waals surface area contributed by atoms with Gasteiger partial charge in [0.2, 0.25) is 11.8 Å². The van der Waals surface area contributed by atoms with Crippen LogP contribution < -0.4 is 10.6 Å². The second-order valence-electron chi connectivity index (χ2n) is 5.94. The van der Waals surface area contributed by atoms with Gasteiger partial charge in [0.05, 0.1) is 18.5 Å². The Bertz CT molecular complexity index is 731. The largest absolute Gasteiger partial charge is 0.481 e. The SMILES string of the molecule is CC(=O)NC(CC(=O)NC(CCC(=O)O)c1ccccc1)c1cccs1. The van der Waals surface area contributed by atoms with Gasteiger partial charge in [-0.3, -0.25) is 14.4 Å². The van der Waals surface area contributed by atoms with Crippen molar-refractivity contribution in [3.8, 4) is 0 Å². The minimum absolute atomic E-state index is 0.0418. The molecule has 138 valence electrons. The van der Waals surface area contributed by atoms with Crippen molar-refractivity contribution in [1.82, 2.24) is 10.6 Å². The van der Waals surface area contributed by atoms with Crippen LogP contribution in [0.15, 0.2) is 47.8 Å². The minimum Gasteiger partial charge on any atom is -0.481 e. The highest BCUT2D eigenvalue weighted by Gasteiger charge is 2.21. The smallest absolute Gasteiger partial charge is 0.303 e. The molecular weight excluding hydrogens is 352 g/mol. The second-order valence-corrected chi connectivity index (χ2v) is 6.92. The van der Waals surface area contributed by atoms with E-state index in [1.165, 1.54) is 18.3 Å². The molecule has 0 saturated carbocycles. The van der Waals surface area contributed by atoms with Crippen molar-refractivity contribution in [3.63, 3.8) is 0 Å². The van der Waals surface area contributed by atoms with Crippen molar-refractivity contribution in [2.75, 3.05) is 0 Å². The highest BCUT2D eigenvalue weighted by atomic mass is 32.1. The summed E-state index contributed by atoms with van der Waals surface area (Å²) >= 11 is 1.47. The highest BCUT2D eigenvalue weighted by molar-refractivity contribution is 7.10. The summed E-state index contributed by atoms with van der Waals surface area (Å²) < 4.78 is 0. The zero-order chi connectivity index (χ0) is 18.9. The fraction of sp³-hybridized carbons (Fsp3) is 0.316. The van der Waals surface area contributed by atoms with E-state index in [9.17, 15) is 14.4 Å². The third-order valence-electron chi connectivity index (χ3n) is 3.84. The maximum Gasteiger partial charge on any atom is 0.303 e. The summed E-state index contributed by atoms with van der Waals surface area (Å²) in [5, 5.41) is 16.5. The van der Waals surface area contributed by atoms with Crippen LogP contribution in [0.3, 0.4) is 0 Å². The number of benzene rings is 1. The third kappa shape index (κ3) is 6.33. The molecule has 7 heteroatoms. The molecule has 0 aliphatic carbocycles. The third-order valence-corrected chi connectivity index (χ3v) is 4.82. The first-order chi connectivity index (χ1) is 12.5. The molecule has 1 heterocycles. The van der Waals surface area contributed by atoms with E-state index in [0.29, 0.717) is 6.42 Å². The second kappa shape index (κ2) is 9.72. The molecule has 0 saturated heterocycles. The fourth-order valence-electron chi connectivity index (χ4n) is 2.67. The van der Waals surface area contributed by atoms with Gasteiger partial charge in [0, 0.05) is 18.2 Å². The Hall–Kier alpha value is -2.67. The lowest BCUT2D eigenvalue weighted by Gasteiger charge is -2.21. The number of aliphatic carboxylic acids is 1. The number of amides is 2. The van der Waals surface area contributed by atoms with E-state index in [1.807, 2.05) is 47.8 Å². The molecule has 26 heavy (non-hydrogen) atoms. The van der Waals surface area contributed by atoms with Gasteiger partial charge < -0.3 is 15.7 Å². The Morgan fingerprint density at radius 1 is 1.04 bits per heavy atom. The zero-order valence-electron chi connectivity index (χ0n) is 14.5. The maximum atomic E-state index is 12.6. The summed E-state index contributed by atoms with van der Waals surface area (Å²) in [6.45, 7) is 1.41. The van der Waals surface area contributed by atoms with Gasteiger partial charge in [-0.1, -0.05) is 36.4 Å². The molecule has 2 unspecified atom stereocenters. The first-order valence-corrected chi connectivity index (χ1v) is 9.20. The topological polar surface area (TPSA) is 95.5 Å². The molecule has 1 aromatic carbocycles. The van der Waals surface area contributed by atoms with E-state index in [1.54, 1.807) is 0 Å². The van der Waals surface area contributed by atoms with Crippen molar-refractivity contribution >= 4 is 29.1 Å². The Kier molecular flexibility index (Phi) is 7.35. The minimum atomic E-state index is -0.908. The Morgan fingerprint density at radius 3 is 2.35 bits per heavy atom. The standard InChI is InChI=1S/C19H22N2O4S/c1-13(22)20-16(17-8-5-11-26-17)12-18(23)21-15(9-10-19(24)25)14-6-3-2-4-7-14/h2-8,11,15-16H,9-10,12H2,1H3,(H,20,22)(H,21,23)(H,24,25). The normalized spacial score (nSPS) is 12.8. The van der Waals surface area contributed by atoms with E-state index in [-0.39, 0.29) is 30.7 Å². The van der Waals surface area contributed by atoms with E-state index in [2.05, 4.69) is 10.6 Å². The maximum absolute atomic E-state index is 12.6. The summed E-state index contributed by atoms with van der Waals surface area (Å²) in [7, 11) is 0. The molecule has 0 fully saturated rings. The lowest BCUT2D eigenvalue weighted by molar-refractivity contribution is -0.137. The number of carboxylic acid groups (broad SMARTS) is 1. The number of carbonyl (C=O) groups excluding carboxylic acids is 2. The summed E-state index contributed by atoms with van der Waals surface area (Å²) in [6, 6.07) is 12.2. The van der Waals surface area contributed by atoms with Crippen LogP contribution in [0.25, 0.3) is 0 Å². The molecule has 2 amide bonds. The number of carboxylic acids is 1. The lowest BCUT2D eigenvalue weighted by Crippen LogP contribution is -2.34. The van der Waals surface area contributed by atoms with Gasteiger partial charge in [0.15, 0.2) is 0 Å². The molecule has 0 radical (unpaired) electrons. The van der Waals surface area contributed by atoms with E-state index < -0.39 is 12.0 Å². The molecule has 3 N–H and O–H groups in total. The van der Waals surface area contributed by atoms with Gasteiger partial charge in [0.1, 0.15) is 0 Å². The molecule has 0 aliphatic rings. The van der Waals surface area contributed by atoms with Crippen LogP contribution in [0.2, 0.25) is 0 Å². The van der Waals surface area contributed by atoms with Crippen LogP contribution in [-0.2, 0) is 14.4 Å². The molecule has 2 aromatic rings. The molecular formula is C19H22N2O4S. The Morgan fingerprint density at radius 2 is 1.77 bits per heavy atom. The molecule has 2 atom stereocenters. The number of nitrogens with one attached hydrogen (secondary N) is 2. The summed E-state index contributed by atoms with van der Waals surface area (Å²) in [5.74, 6) is -1.35. The summed E-state index contributed by atoms with van der Waals surface area (Å²) in [6.07, 6.45) is 0.352. The zero-order valence-corrected chi connectivity index (χ0v) is 15.3. The number of hydrogen-bond donors (Lipinski definition) is 3. The van der Waals surface area contributed by atoms with Gasteiger partial charge in [-0.05, 0) is 23.4 Å². The fourth-order valence-corrected chi connectivity index (χ4v) is 3.45. The highest BCUT2D eigenvalue weighted by Crippen LogP contribution is 2.24. The van der Waals surface area contributed by atoms with E-state index in [0.717, 1.165) is 10.4 Å². The number of thiophene rings is 1. The van der Waals surface area contributed by atoms with Crippen LogP contribution in [0.5, 0.6) is 0 Å². The Labute approximate surface area is 156 Å². The van der Waals surface area contributed by atoms with E-state index >= 15 is 0 Å². The van der Waals surface area contributed by atoms with Crippen LogP contribution in [0, 0.1) is 0 Å². The summed E-state index contributed by atoms with van der Waals surface area (Å²) in [5.41, 5.74) is 0.856. The first kappa shape index (κ1) is 19.7. The van der Waals surface area contributed by atoms with E-state index in [4.69, 9.17) is 5.11 Å². The molecule has 1 aromatic heterocycles. The molecule has 0 bridgehead atoms. The quantitative estimate of drug-likeness (QED) is 0.629. The van der Waals surface area contributed by atoms with Gasteiger partial charge in [-0.15, -0.1) is 11.3 Å². The predicted molar refractivity (Wildman–Crippen MR) is 99.7 cm³/mol. The molecule has 0 aliphatic heterocycles. The first-order valence-electron chi connectivity index (χ1n) is 8.32. The van der Waals surface area contributed by atoms with Crippen LogP contribution in [0.4, 0.5) is 0 Å². The monoisotopic (exact) mass is 374 g/mol. The van der Waals surface area contributed by atoms with Gasteiger partial charge >= 0.3 is 5.97 Å². The number of carbonyl (C=O) groups is 3. The van der Waals surface area contributed by atoms with Crippen LogP contribution in [0.1, 0.15) is 48.7 Å². The molecule has 0 spiro atoms. The van der Waals surface area contributed by atoms with Gasteiger partial charge in [-0.2, -0.15) is 0 Å². The van der Waals surface area contributed by atoms with Crippen molar-refractivity contribution in [1.29, 1.82) is 0 Å². The Balaban J connectivity index is 2.07. The molecule has 2 rings (SSSR count). The lowest BCUT2D eigenvalue weighted by atomic mass is 10.0. The number of hydrogen-bond acceptors (Lipinski definition) is 4. The molecule has 6 nitrogen and oxygen atoms in total. The average molecular weight is 374 g/mol.